The number of fused-ring (bicyclic) bond motifs is 1. The highest BCUT2D eigenvalue weighted by Crippen LogP contribution is 2.24. The van der Waals surface area contributed by atoms with Gasteiger partial charge in [0.2, 0.25) is 15.9 Å². The highest BCUT2D eigenvalue weighted by Gasteiger charge is 2.19. The van der Waals surface area contributed by atoms with Crippen LogP contribution in [0.1, 0.15) is 23.1 Å². The monoisotopic (exact) mass is 355 g/mol. The number of sulfonamides is 1. The third-order valence-electron chi connectivity index (χ3n) is 4.10. The first kappa shape index (κ1) is 17.1. The summed E-state index contributed by atoms with van der Waals surface area (Å²) in [5.41, 5.74) is 3.21. The van der Waals surface area contributed by atoms with E-state index in [-0.39, 0.29) is 10.5 Å². The van der Waals surface area contributed by atoms with E-state index in [0.29, 0.717) is 5.69 Å². The Hall–Kier alpha value is -2.69. The highest BCUT2D eigenvalue weighted by molar-refractivity contribution is 7.89. The minimum Gasteiger partial charge on any atom is -0.325 e. The number of rotatable bonds is 5. The highest BCUT2D eigenvalue weighted by atomic mass is 32.2. The van der Waals surface area contributed by atoms with Gasteiger partial charge < -0.3 is 5.32 Å². The first-order chi connectivity index (χ1) is 12.0. The van der Waals surface area contributed by atoms with Crippen LogP contribution in [0.3, 0.4) is 0 Å². The van der Waals surface area contributed by atoms with Crippen LogP contribution in [0.4, 0.5) is 5.69 Å². The summed E-state index contributed by atoms with van der Waals surface area (Å²) < 4.78 is 26.8. The van der Waals surface area contributed by atoms with E-state index in [0.717, 1.165) is 19.3 Å². The second kappa shape index (κ2) is 7.05. The summed E-state index contributed by atoms with van der Waals surface area (Å²) in [6.07, 6.45) is 3.17. The SMILES string of the molecule is N#Cc1ccccc1S(=O)(=O)NCC(=O)Nc1ccc2c(c1)CCC2. The van der Waals surface area contributed by atoms with Crippen LogP contribution in [0.2, 0.25) is 0 Å². The molecule has 0 radical (unpaired) electrons. The van der Waals surface area contributed by atoms with Crippen molar-refractivity contribution in [3.8, 4) is 6.07 Å². The van der Waals surface area contributed by atoms with E-state index >= 15 is 0 Å². The lowest BCUT2D eigenvalue weighted by Gasteiger charge is -2.10. The van der Waals surface area contributed by atoms with E-state index in [9.17, 15) is 13.2 Å². The molecular formula is C18H17N3O3S. The Balaban J connectivity index is 1.65. The number of nitriles is 1. The Morgan fingerprint density at radius 1 is 1.12 bits per heavy atom. The molecule has 0 aliphatic heterocycles. The normalized spacial score (nSPS) is 13.1. The number of carbonyl (C=O) groups excluding carboxylic acids is 1. The molecule has 25 heavy (non-hydrogen) atoms. The van der Waals surface area contributed by atoms with Crippen molar-refractivity contribution < 1.29 is 13.2 Å². The van der Waals surface area contributed by atoms with Crippen LogP contribution in [-0.2, 0) is 27.7 Å². The van der Waals surface area contributed by atoms with Gasteiger partial charge in [0.15, 0.2) is 0 Å². The maximum absolute atomic E-state index is 12.3. The Morgan fingerprint density at radius 3 is 2.68 bits per heavy atom. The smallest absolute Gasteiger partial charge is 0.242 e. The van der Waals surface area contributed by atoms with Gasteiger partial charge in [0.05, 0.1) is 17.0 Å². The van der Waals surface area contributed by atoms with Gasteiger partial charge in [-0.25, -0.2) is 13.1 Å². The number of hydrogen-bond donors (Lipinski definition) is 2. The van der Waals surface area contributed by atoms with Gasteiger partial charge in [-0.15, -0.1) is 0 Å². The molecule has 2 N–H and O–H groups in total. The zero-order chi connectivity index (χ0) is 17.9. The topological polar surface area (TPSA) is 99.1 Å². The Labute approximate surface area is 146 Å². The van der Waals surface area contributed by atoms with Crippen LogP contribution in [0.25, 0.3) is 0 Å². The minimum atomic E-state index is -3.93. The van der Waals surface area contributed by atoms with E-state index in [1.54, 1.807) is 6.07 Å². The largest absolute Gasteiger partial charge is 0.325 e. The summed E-state index contributed by atoms with van der Waals surface area (Å²) in [6.45, 7) is -0.404. The van der Waals surface area contributed by atoms with Crippen molar-refractivity contribution >= 4 is 21.6 Å². The van der Waals surface area contributed by atoms with E-state index in [1.165, 1.54) is 29.3 Å². The van der Waals surface area contributed by atoms with Gasteiger partial charge >= 0.3 is 0 Å². The summed E-state index contributed by atoms with van der Waals surface area (Å²) >= 11 is 0. The third kappa shape index (κ3) is 3.87. The van der Waals surface area contributed by atoms with Crippen molar-refractivity contribution in [3.63, 3.8) is 0 Å². The predicted molar refractivity (Wildman–Crippen MR) is 93.4 cm³/mol. The second-order valence-corrected chi connectivity index (χ2v) is 7.55. The molecule has 0 spiro atoms. The molecule has 6 nitrogen and oxygen atoms in total. The van der Waals surface area contributed by atoms with Gasteiger partial charge in [0.1, 0.15) is 6.07 Å². The molecule has 0 bridgehead atoms. The first-order valence-corrected chi connectivity index (χ1v) is 9.38. The molecule has 0 aromatic heterocycles. The van der Waals surface area contributed by atoms with Crippen molar-refractivity contribution in [2.75, 3.05) is 11.9 Å². The molecule has 0 fully saturated rings. The van der Waals surface area contributed by atoms with E-state index < -0.39 is 22.5 Å². The molecule has 2 aromatic rings. The Kier molecular flexibility index (Phi) is 4.83. The lowest BCUT2D eigenvalue weighted by Crippen LogP contribution is -2.33. The lowest BCUT2D eigenvalue weighted by molar-refractivity contribution is -0.115. The van der Waals surface area contributed by atoms with Crippen molar-refractivity contribution in [2.45, 2.75) is 24.2 Å². The molecule has 7 heteroatoms. The molecule has 0 saturated carbocycles. The van der Waals surface area contributed by atoms with Crippen LogP contribution in [-0.4, -0.2) is 20.9 Å². The fourth-order valence-electron chi connectivity index (χ4n) is 2.89. The molecule has 1 amide bonds. The summed E-state index contributed by atoms with van der Waals surface area (Å²) in [5, 5.41) is 11.7. The van der Waals surface area contributed by atoms with Gasteiger partial charge in [-0.3, -0.25) is 4.79 Å². The fourth-order valence-corrected chi connectivity index (χ4v) is 4.02. The summed E-state index contributed by atoms with van der Waals surface area (Å²) in [5.74, 6) is -0.462. The van der Waals surface area contributed by atoms with Crippen molar-refractivity contribution in [1.82, 2.24) is 4.72 Å². The second-order valence-electron chi connectivity index (χ2n) is 5.82. The standard InChI is InChI=1S/C18H17N3O3S/c19-11-15-4-1-2-7-17(15)25(23,24)20-12-18(22)21-16-9-8-13-5-3-6-14(13)10-16/h1-2,4,7-10,20H,3,5-6,12H2,(H,21,22). The average molecular weight is 355 g/mol. The first-order valence-electron chi connectivity index (χ1n) is 7.90. The number of carbonyl (C=O) groups is 1. The molecule has 128 valence electrons. The molecule has 1 aliphatic carbocycles. The number of anilines is 1. The number of nitrogens with zero attached hydrogens (tertiary/aromatic N) is 1. The van der Waals surface area contributed by atoms with Crippen LogP contribution in [0.15, 0.2) is 47.4 Å². The zero-order valence-corrected chi connectivity index (χ0v) is 14.3. The van der Waals surface area contributed by atoms with Crippen molar-refractivity contribution in [1.29, 1.82) is 5.26 Å². The fraction of sp³-hybridized carbons (Fsp3) is 0.222. The maximum atomic E-state index is 12.3. The summed E-state index contributed by atoms with van der Waals surface area (Å²) in [4.78, 5) is 11.9. The molecule has 3 rings (SSSR count). The molecule has 2 aromatic carbocycles. The lowest BCUT2D eigenvalue weighted by atomic mass is 10.1. The van der Waals surface area contributed by atoms with Crippen LogP contribution < -0.4 is 10.0 Å². The molecule has 0 atom stereocenters. The quantitative estimate of drug-likeness (QED) is 0.856. The average Bonchev–Trinajstić information content (AvgIpc) is 3.08. The molecule has 0 unspecified atom stereocenters. The molecule has 1 aliphatic rings. The van der Waals surface area contributed by atoms with Crippen molar-refractivity contribution in [2.24, 2.45) is 0 Å². The number of benzene rings is 2. The molecular weight excluding hydrogens is 338 g/mol. The van der Waals surface area contributed by atoms with Gasteiger partial charge in [-0.1, -0.05) is 18.2 Å². The van der Waals surface area contributed by atoms with Crippen LogP contribution >= 0.6 is 0 Å². The van der Waals surface area contributed by atoms with Gasteiger partial charge in [0, 0.05) is 5.69 Å². The van der Waals surface area contributed by atoms with Crippen LogP contribution in [0, 0.1) is 11.3 Å². The van der Waals surface area contributed by atoms with E-state index in [1.807, 2.05) is 24.3 Å². The van der Waals surface area contributed by atoms with E-state index in [4.69, 9.17) is 5.26 Å². The van der Waals surface area contributed by atoms with Gasteiger partial charge in [0.25, 0.3) is 0 Å². The number of amides is 1. The summed E-state index contributed by atoms with van der Waals surface area (Å²) in [7, 11) is -3.93. The number of hydrogen-bond acceptors (Lipinski definition) is 4. The predicted octanol–water partition coefficient (Wildman–Crippen LogP) is 1.96. The number of aryl methyl sites for hydroxylation is 2. The Morgan fingerprint density at radius 2 is 1.88 bits per heavy atom. The number of nitrogens with one attached hydrogen (secondary N) is 2. The molecule has 0 saturated heterocycles. The van der Waals surface area contributed by atoms with E-state index in [2.05, 4.69) is 10.0 Å². The zero-order valence-electron chi connectivity index (χ0n) is 13.5. The van der Waals surface area contributed by atoms with Gasteiger partial charge in [-0.2, -0.15) is 5.26 Å². The minimum absolute atomic E-state index is 0.0361. The van der Waals surface area contributed by atoms with Crippen LogP contribution in [0.5, 0.6) is 0 Å². The van der Waals surface area contributed by atoms with Crippen molar-refractivity contribution in [3.05, 3.63) is 59.2 Å². The molecule has 0 heterocycles. The summed E-state index contributed by atoms with van der Waals surface area (Å²) in [6, 6.07) is 13.4. The third-order valence-corrected chi connectivity index (χ3v) is 5.56. The Bertz CT molecular complexity index is 962. The maximum Gasteiger partial charge on any atom is 0.242 e. The van der Waals surface area contributed by atoms with Gasteiger partial charge in [-0.05, 0) is 54.7 Å².